The first-order valence-corrected chi connectivity index (χ1v) is 7.28. The fraction of sp³-hybridized carbons (Fsp3) is 0.929. The highest BCUT2D eigenvalue weighted by atomic mass is 16.2. The number of amides is 1. The van der Waals surface area contributed by atoms with E-state index in [-0.39, 0.29) is 0 Å². The standard InChI is InChI=1S/C14H27N3O/c1-11-6-12(2)9-17(8-11)14(18)10-16-5-4-15-7-13(16)3/h11-13,15H,4-10H2,1-3H3. The number of hydrogen-bond acceptors (Lipinski definition) is 3. The molecule has 0 aromatic carbocycles. The maximum atomic E-state index is 12.4. The van der Waals surface area contributed by atoms with Crippen LogP contribution in [0.4, 0.5) is 0 Å². The first-order chi connectivity index (χ1) is 8.56. The first-order valence-electron chi connectivity index (χ1n) is 7.28. The molecule has 0 aromatic rings. The lowest BCUT2D eigenvalue weighted by Crippen LogP contribution is -2.54. The highest BCUT2D eigenvalue weighted by Gasteiger charge is 2.28. The minimum absolute atomic E-state index is 0.321. The zero-order valence-corrected chi connectivity index (χ0v) is 12.0. The molecule has 104 valence electrons. The molecule has 1 N–H and O–H groups in total. The van der Waals surface area contributed by atoms with Crippen molar-refractivity contribution in [2.24, 2.45) is 11.8 Å². The van der Waals surface area contributed by atoms with E-state index in [4.69, 9.17) is 0 Å². The second-order valence-electron chi connectivity index (χ2n) is 6.27. The summed E-state index contributed by atoms with van der Waals surface area (Å²) >= 11 is 0. The van der Waals surface area contributed by atoms with E-state index in [0.717, 1.165) is 32.7 Å². The van der Waals surface area contributed by atoms with Crippen molar-refractivity contribution in [1.29, 1.82) is 0 Å². The van der Waals surface area contributed by atoms with Crippen molar-refractivity contribution in [3.8, 4) is 0 Å². The second kappa shape index (κ2) is 6.02. The van der Waals surface area contributed by atoms with E-state index in [1.54, 1.807) is 0 Å². The maximum absolute atomic E-state index is 12.4. The van der Waals surface area contributed by atoms with E-state index in [1.807, 2.05) is 0 Å². The molecule has 0 radical (unpaired) electrons. The Labute approximate surface area is 111 Å². The highest BCUT2D eigenvalue weighted by Crippen LogP contribution is 2.21. The molecular weight excluding hydrogens is 226 g/mol. The minimum atomic E-state index is 0.321. The lowest BCUT2D eigenvalue weighted by atomic mass is 9.92. The van der Waals surface area contributed by atoms with Gasteiger partial charge in [-0.1, -0.05) is 13.8 Å². The molecule has 2 heterocycles. The third-order valence-electron chi connectivity index (χ3n) is 4.20. The molecule has 2 fully saturated rings. The lowest BCUT2D eigenvalue weighted by molar-refractivity contribution is -0.135. The van der Waals surface area contributed by atoms with E-state index in [2.05, 4.69) is 35.9 Å². The molecule has 18 heavy (non-hydrogen) atoms. The molecule has 2 aliphatic heterocycles. The third kappa shape index (κ3) is 3.45. The second-order valence-corrected chi connectivity index (χ2v) is 6.27. The average molecular weight is 253 g/mol. The van der Waals surface area contributed by atoms with Crippen LogP contribution >= 0.6 is 0 Å². The van der Waals surface area contributed by atoms with Crippen LogP contribution in [0.1, 0.15) is 27.2 Å². The van der Waals surface area contributed by atoms with Crippen molar-refractivity contribution >= 4 is 5.91 Å². The van der Waals surface area contributed by atoms with Crippen LogP contribution in [0.5, 0.6) is 0 Å². The Kier molecular flexibility index (Phi) is 4.62. The Balaban J connectivity index is 1.86. The van der Waals surface area contributed by atoms with E-state index >= 15 is 0 Å². The molecule has 0 aromatic heterocycles. The number of hydrogen-bond donors (Lipinski definition) is 1. The Bertz CT molecular complexity index is 285. The summed E-state index contributed by atoms with van der Waals surface area (Å²) in [6.45, 7) is 12.2. The van der Waals surface area contributed by atoms with Crippen molar-refractivity contribution in [2.45, 2.75) is 33.2 Å². The Morgan fingerprint density at radius 2 is 1.89 bits per heavy atom. The molecule has 2 aliphatic rings. The van der Waals surface area contributed by atoms with Gasteiger partial charge in [0, 0.05) is 38.8 Å². The summed E-state index contributed by atoms with van der Waals surface area (Å²) in [7, 11) is 0. The quantitative estimate of drug-likeness (QED) is 0.790. The van der Waals surface area contributed by atoms with Crippen molar-refractivity contribution < 1.29 is 4.79 Å². The molecule has 2 saturated heterocycles. The topological polar surface area (TPSA) is 35.6 Å². The van der Waals surface area contributed by atoms with Crippen LogP contribution in [0.2, 0.25) is 0 Å². The van der Waals surface area contributed by atoms with Gasteiger partial charge in [0.15, 0.2) is 0 Å². The van der Waals surface area contributed by atoms with Crippen molar-refractivity contribution in [2.75, 3.05) is 39.3 Å². The first kappa shape index (κ1) is 13.8. The molecule has 3 atom stereocenters. The van der Waals surface area contributed by atoms with Crippen molar-refractivity contribution in [1.82, 2.24) is 15.1 Å². The predicted molar refractivity (Wildman–Crippen MR) is 73.4 cm³/mol. The Morgan fingerprint density at radius 3 is 2.50 bits per heavy atom. The van der Waals surface area contributed by atoms with Gasteiger partial charge in [0.2, 0.25) is 5.91 Å². The molecule has 4 nitrogen and oxygen atoms in total. The van der Waals surface area contributed by atoms with E-state index < -0.39 is 0 Å². The number of piperidine rings is 1. The average Bonchev–Trinajstić information content (AvgIpc) is 2.31. The normalized spacial score (nSPS) is 34.6. The summed E-state index contributed by atoms with van der Waals surface area (Å²) in [5.41, 5.74) is 0. The molecule has 0 saturated carbocycles. The van der Waals surface area contributed by atoms with Gasteiger partial charge in [0.25, 0.3) is 0 Å². The van der Waals surface area contributed by atoms with Crippen LogP contribution in [-0.2, 0) is 4.79 Å². The van der Waals surface area contributed by atoms with Gasteiger partial charge in [0.05, 0.1) is 6.54 Å². The monoisotopic (exact) mass is 253 g/mol. The number of nitrogens with one attached hydrogen (secondary N) is 1. The van der Waals surface area contributed by atoms with E-state index in [9.17, 15) is 4.79 Å². The molecule has 2 rings (SSSR count). The summed E-state index contributed by atoms with van der Waals surface area (Å²) in [5, 5.41) is 3.36. The molecule has 0 aliphatic carbocycles. The summed E-state index contributed by atoms with van der Waals surface area (Å²) in [4.78, 5) is 16.8. The zero-order valence-electron chi connectivity index (χ0n) is 12.0. The van der Waals surface area contributed by atoms with Gasteiger partial charge >= 0.3 is 0 Å². The number of likely N-dealkylation sites (tertiary alicyclic amines) is 1. The summed E-state index contributed by atoms with van der Waals surface area (Å²) in [6.07, 6.45) is 1.26. The number of rotatable bonds is 2. The Hall–Kier alpha value is -0.610. The van der Waals surface area contributed by atoms with Gasteiger partial charge in [-0.2, -0.15) is 0 Å². The van der Waals surface area contributed by atoms with Gasteiger partial charge in [-0.05, 0) is 25.2 Å². The van der Waals surface area contributed by atoms with Gasteiger partial charge in [-0.25, -0.2) is 0 Å². The summed E-state index contributed by atoms with van der Waals surface area (Å²) in [6, 6.07) is 0.474. The molecular formula is C14H27N3O. The van der Waals surface area contributed by atoms with E-state index in [1.165, 1.54) is 6.42 Å². The number of carbonyl (C=O) groups is 1. The summed E-state index contributed by atoms with van der Waals surface area (Å²) in [5.74, 6) is 1.62. The minimum Gasteiger partial charge on any atom is -0.341 e. The van der Waals surface area contributed by atoms with Crippen LogP contribution in [-0.4, -0.2) is 61.0 Å². The smallest absolute Gasteiger partial charge is 0.236 e. The number of carbonyl (C=O) groups excluding carboxylic acids is 1. The fourth-order valence-corrected chi connectivity index (χ4v) is 3.26. The zero-order chi connectivity index (χ0) is 13.1. The van der Waals surface area contributed by atoms with Gasteiger partial charge in [-0.15, -0.1) is 0 Å². The summed E-state index contributed by atoms with van der Waals surface area (Å²) < 4.78 is 0. The number of nitrogens with zero attached hydrogens (tertiary/aromatic N) is 2. The van der Waals surface area contributed by atoms with Crippen LogP contribution in [0.25, 0.3) is 0 Å². The molecule has 0 bridgehead atoms. The van der Waals surface area contributed by atoms with Gasteiger partial charge in [-0.3, -0.25) is 9.69 Å². The number of piperazine rings is 1. The van der Waals surface area contributed by atoms with Crippen LogP contribution in [0, 0.1) is 11.8 Å². The molecule has 4 heteroatoms. The van der Waals surface area contributed by atoms with Crippen molar-refractivity contribution in [3.63, 3.8) is 0 Å². The maximum Gasteiger partial charge on any atom is 0.236 e. The largest absolute Gasteiger partial charge is 0.341 e. The molecule has 0 spiro atoms. The van der Waals surface area contributed by atoms with Crippen LogP contribution < -0.4 is 5.32 Å². The van der Waals surface area contributed by atoms with E-state index in [0.29, 0.717) is 30.3 Å². The van der Waals surface area contributed by atoms with Gasteiger partial charge in [0.1, 0.15) is 0 Å². The van der Waals surface area contributed by atoms with Crippen molar-refractivity contribution in [3.05, 3.63) is 0 Å². The van der Waals surface area contributed by atoms with Crippen LogP contribution in [0.3, 0.4) is 0 Å². The van der Waals surface area contributed by atoms with Gasteiger partial charge < -0.3 is 10.2 Å². The molecule has 3 unspecified atom stereocenters. The lowest BCUT2D eigenvalue weighted by Gasteiger charge is -2.38. The fourth-order valence-electron chi connectivity index (χ4n) is 3.26. The third-order valence-corrected chi connectivity index (χ3v) is 4.20. The van der Waals surface area contributed by atoms with Crippen LogP contribution in [0.15, 0.2) is 0 Å². The molecule has 1 amide bonds. The highest BCUT2D eigenvalue weighted by molar-refractivity contribution is 5.78. The predicted octanol–water partition coefficient (Wildman–Crippen LogP) is 0.785. The SMILES string of the molecule is CC1CC(C)CN(C(=O)CN2CCNCC2C)C1. The Morgan fingerprint density at radius 1 is 1.22 bits per heavy atom.